The number of hydrogen-bond acceptors (Lipinski definition) is 2. The zero-order chi connectivity index (χ0) is 13.8. The van der Waals surface area contributed by atoms with Crippen LogP contribution in [0.5, 0.6) is 0 Å². The molecule has 0 aliphatic heterocycles. The molecule has 0 spiro atoms. The van der Waals surface area contributed by atoms with Gasteiger partial charge in [0.05, 0.1) is 15.9 Å². The molecule has 18 heavy (non-hydrogen) atoms. The summed E-state index contributed by atoms with van der Waals surface area (Å²) in [4.78, 5) is 12.9. The number of carbonyl (C=O) groups excluding carboxylic acids is 1. The monoisotopic (exact) mass is 366 g/mol. The molecule has 1 rings (SSSR count). The van der Waals surface area contributed by atoms with E-state index in [1.165, 1.54) is 0 Å². The van der Waals surface area contributed by atoms with Crippen LogP contribution in [-0.4, -0.2) is 23.4 Å². The van der Waals surface area contributed by atoms with Crippen LogP contribution in [0.1, 0.15) is 52.9 Å². The van der Waals surface area contributed by atoms with Crippen LogP contribution in [0.2, 0.25) is 0 Å². The summed E-state index contributed by atoms with van der Waals surface area (Å²) in [7, 11) is 1.72. The third kappa shape index (κ3) is 3.09. The molecule has 0 amide bonds. The Bertz CT molecular complexity index is 268. The average molecular weight is 366 g/mol. The molecular weight excluding hydrogens is 339 g/mol. The number of rotatable bonds is 7. The van der Waals surface area contributed by atoms with Gasteiger partial charge in [-0.05, 0) is 31.1 Å². The van der Waals surface area contributed by atoms with E-state index in [1.54, 1.807) is 7.11 Å². The second-order valence-electron chi connectivity index (χ2n) is 5.83. The first kappa shape index (κ1) is 16.4. The fourth-order valence-corrected chi connectivity index (χ4v) is 4.41. The molecule has 2 nitrogen and oxygen atoms in total. The number of ketones is 1. The van der Waals surface area contributed by atoms with E-state index in [1.807, 2.05) is 0 Å². The summed E-state index contributed by atoms with van der Waals surface area (Å²) in [5, 5.41) is 0. The van der Waals surface area contributed by atoms with Crippen molar-refractivity contribution in [2.75, 3.05) is 13.7 Å². The minimum Gasteiger partial charge on any atom is -0.384 e. The highest BCUT2D eigenvalue weighted by molar-refractivity contribution is 14.1. The highest BCUT2D eigenvalue weighted by Gasteiger charge is 2.52. The fraction of sp³-hybridized carbons (Fsp3) is 0.933. The molecule has 0 heterocycles. The Kier molecular flexibility index (Phi) is 6.59. The van der Waals surface area contributed by atoms with Crippen LogP contribution in [0.4, 0.5) is 0 Å². The lowest BCUT2D eigenvalue weighted by Gasteiger charge is -2.37. The minimum absolute atomic E-state index is 0.153. The molecule has 3 atom stereocenters. The molecule has 0 bridgehead atoms. The van der Waals surface area contributed by atoms with Gasteiger partial charge in [0.25, 0.3) is 0 Å². The molecule has 1 fully saturated rings. The molecule has 0 radical (unpaired) electrons. The predicted octanol–water partition coefficient (Wildman–Crippen LogP) is 4.25. The van der Waals surface area contributed by atoms with Gasteiger partial charge in [0.2, 0.25) is 0 Å². The van der Waals surface area contributed by atoms with Crippen molar-refractivity contribution in [1.29, 1.82) is 0 Å². The molecule has 0 saturated heterocycles. The lowest BCUT2D eigenvalue weighted by atomic mass is 9.69. The molecule has 1 aliphatic rings. The van der Waals surface area contributed by atoms with Crippen molar-refractivity contribution < 1.29 is 9.53 Å². The maximum Gasteiger partial charge on any atom is 0.154 e. The highest BCUT2D eigenvalue weighted by Crippen LogP contribution is 2.50. The first-order valence-electron chi connectivity index (χ1n) is 7.18. The maximum atomic E-state index is 12.9. The predicted molar refractivity (Wildman–Crippen MR) is 84.2 cm³/mol. The molecule has 106 valence electrons. The standard InChI is InChI=1S/C15H27IO2/c1-5-6-7-13(16)14(17)15(10-18-4)11(2)8-9-12(15)3/h11-13H,5-10H2,1-4H3. The summed E-state index contributed by atoms with van der Waals surface area (Å²) in [6.07, 6.45) is 5.64. The summed E-state index contributed by atoms with van der Waals surface area (Å²) in [6.45, 7) is 7.23. The molecule has 0 aromatic carbocycles. The number of methoxy groups -OCH3 is 1. The van der Waals surface area contributed by atoms with Gasteiger partial charge in [-0.2, -0.15) is 0 Å². The summed E-state index contributed by atoms with van der Waals surface area (Å²) in [5.74, 6) is 1.36. The van der Waals surface area contributed by atoms with Crippen molar-refractivity contribution in [2.24, 2.45) is 17.3 Å². The van der Waals surface area contributed by atoms with Crippen LogP contribution in [-0.2, 0) is 9.53 Å². The van der Waals surface area contributed by atoms with Crippen LogP contribution >= 0.6 is 22.6 Å². The van der Waals surface area contributed by atoms with Crippen molar-refractivity contribution in [3.8, 4) is 0 Å². The topological polar surface area (TPSA) is 26.3 Å². The Labute approximate surface area is 125 Å². The Balaban J connectivity index is 2.86. The normalized spacial score (nSPS) is 33.6. The Morgan fingerprint density at radius 2 is 1.94 bits per heavy atom. The zero-order valence-corrected chi connectivity index (χ0v) is 14.3. The number of alkyl halides is 1. The van der Waals surface area contributed by atoms with E-state index in [2.05, 4.69) is 43.4 Å². The second-order valence-corrected chi connectivity index (χ2v) is 7.33. The summed E-state index contributed by atoms with van der Waals surface area (Å²) in [5.41, 5.74) is -0.228. The lowest BCUT2D eigenvalue weighted by molar-refractivity contribution is -0.136. The van der Waals surface area contributed by atoms with Crippen LogP contribution in [0.25, 0.3) is 0 Å². The highest BCUT2D eigenvalue weighted by atomic mass is 127. The SMILES string of the molecule is CCCCC(I)C(=O)C1(COC)C(C)CCC1C. The van der Waals surface area contributed by atoms with Crippen molar-refractivity contribution in [3.63, 3.8) is 0 Å². The largest absolute Gasteiger partial charge is 0.384 e. The maximum absolute atomic E-state index is 12.9. The number of hydrogen-bond donors (Lipinski definition) is 0. The molecule has 0 aromatic rings. The van der Waals surface area contributed by atoms with Crippen molar-refractivity contribution in [1.82, 2.24) is 0 Å². The Hall–Kier alpha value is 0.360. The number of ether oxygens (including phenoxy) is 1. The number of unbranched alkanes of at least 4 members (excludes halogenated alkanes) is 1. The fourth-order valence-electron chi connectivity index (χ4n) is 3.39. The van der Waals surface area contributed by atoms with E-state index in [0.717, 1.165) is 32.1 Å². The minimum atomic E-state index is -0.228. The number of carbonyl (C=O) groups is 1. The Morgan fingerprint density at radius 3 is 2.39 bits per heavy atom. The Morgan fingerprint density at radius 1 is 1.39 bits per heavy atom. The van der Waals surface area contributed by atoms with E-state index in [-0.39, 0.29) is 9.34 Å². The summed E-state index contributed by atoms with van der Waals surface area (Å²) in [6, 6.07) is 0. The third-order valence-corrected chi connectivity index (χ3v) is 5.92. The lowest BCUT2D eigenvalue weighted by Crippen LogP contribution is -2.46. The van der Waals surface area contributed by atoms with Crippen LogP contribution in [0.15, 0.2) is 0 Å². The smallest absolute Gasteiger partial charge is 0.154 e. The van der Waals surface area contributed by atoms with E-state index < -0.39 is 0 Å². The molecule has 3 unspecified atom stereocenters. The van der Waals surface area contributed by atoms with Crippen molar-refractivity contribution in [2.45, 2.75) is 56.8 Å². The van der Waals surface area contributed by atoms with Crippen molar-refractivity contribution in [3.05, 3.63) is 0 Å². The van der Waals surface area contributed by atoms with Gasteiger partial charge >= 0.3 is 0 Å². The van der Waals surface area contributed by atoms with Gasteiger partial charge in [0.1, 0.15) is 0 Å². The third-order valence-electron chi connectivity index (χ3n) is 4.73. The van der Waals surface area contributed by atoms with Gasteiger partial charge in [0.15, 0.2) is 5.78 Å². The van der Waals surface area contributed by atoms with Crippen LogP contribution < -0.4 is 0 Å². The molecule has 0 aromatic heterocycles. The first-order chi connectivity index (χ1) is 8.50. The number of Topliss-reactive ketones (excluding diaryl/α,β-unsaturated/α-hetero) is 1. The summed E-state index contributed by atoms with van der Waals surface area (Å²) < 4.78 is 5.57. The van der Waals surface area contributed by atoms with Gasteiger partial charge in [-0.15, -0.1) is 0 Å². The average Bonchev–Trinajstić information content (AvgIpc) is 2.64. The van der Waals surface area contributed by atoms with Gasteiger partial charge in [-0.25, -0.2) is 0 Å². The second kappa shape index (κ2) is 7.22. The molecular formula is C15H27IO2. The molecule has 3 heteroatoms. The van der Waals surface area contributed by atoms with Gasteiger partial charge in [-0.3, -0.25) is 4.79 Å². The van der Waals surface area contributed by atoms with Gasteiger partial charge in [-0.1, -0.05) is 56.2 Å². The molecule has 0 N–H and O–H groups in total. The number of halogens is 1. The van der Waals surface area contributed by atoms with Gasteiger partial charge in [0, 0.05) is 7.11 Å². The van der Waals surface area contributed by atoms with E-state index in [9.17, 15) is 4.79 Å². The van der Waals surface area contributed by atoms with Crippen LogP contribution in [0, 0.1) is 17.3 Å². The molecule has 1 saturated carbocycles. The quantitative estimate of drug-likeness (QED) is 0.497. The summed E-state index contributed by atoms with van der Waals surface area (Å²) >= 11 is 2.35. The van der Waals surface area contributed by atoms with Gasteiger partial charge < -0.3 is 4.74 Å². The van der Waals surface area contributed by atoms with Crippen LogP contribution in [0.3, 0.4) is 0 Å². The van der Waals surface area contributed by atoms with Crippen molar-refractivity contribution >= 4 is 28.4 Å². The van der Waals surface area contributed by atoms with E-state index >= 15 is 0 Å². The molecule has 1 aliphatic carbocycles. The zero-order valence-electron chi connectivity index (χ0n) is 12.2. The van der Waals surface area contributed by atoms with E-state index in [0.29, 0.717) is 24.2 Å². The first-order valence-corrected chi connectivity index (χ1v) is 8.42. The van der Waals surface area contributed by atoms with E-state index in [4.69, 9.17) is 4.74 Å².